The van der Waals surface area contributed by atoms with Gasteiger partial charge in [-0.3, -0.25) is 0 Å². The van der Waals surface area contributed by atoms with Crippen LogP contribution in [0.2, 0.25) is 0 Å². The van der Waals surface area contributed by atoms with E-state index >= 15 is 0 Å². The van der Waals surface area contributed by atoms with Crippen LogP contribution in [-0.4, -0.2) is 17.5 Å². The van der Waals surface area contributed by atoms with Gasteiger partial charge in [0.05, 0.1) is 4.88 Å². The summed E-state index contributed by atoms with van der Waals surface area (Å²) in [5.41, 5.74) is 0. The fourth-order valence-corrected chi connectivity index (χ4v) is 2.39. The number of aromatic nitrogens is 1. The van der Waals surface area contributed by atoms with Crippen molar-refractivity contribution in [3.63, 3.8) is 0 Å². The monoisotopic (exact) mass is 200 g/mol. The van der Waals surface area contributed by atoms with Gasteiger partial charge in [0, 0.05) is 18.7 Å². The van der Waals surface area contributed by atoms with Crippen molar-refractivity contribution in [2.24, 2.45) is 5.92 Å². The number of rotatable bonds is 2. The normalized spacial score (nSPS) is 25.8. The van der Waals surface area contributed by atoms with Gasteiger partial charge in [0.15, 0.2) is 0 Å². The average Bonchev–Trinajstić information content (AvgIpc) is 2.71. The van der Waals surface area contributed by atoms with Crippen molar-refractivity contribution in [3.05, 3.63) is 17.1 Å². The smallest absolute Gasteiger partial charge is 0.140 e. The van der Waals surface area contributed by atoms with Crippen LogP contribution in [0.25, 0.3) is 0 Å². The Morgan fingerprint density at radius 3 is 3.23 bits per heavy atom. The van der Waals surface area contributed by atoms with Gasteiger partial charge in [0.1, 0.15) is 6.17 Å². The Morgan fingerprint density at radius 2 is 2.62 bits per heavy atom. The van der Waals surface area contributed by atoms with Gasteiger partial charge in [-0.15, -0.1) is 0 Å². The predicted octanol–water partition coefficient (Wildman–Crippen LogP) is 2.15. The quantitative estimate of drug-likeness (QED) is 0.791. The molecular formula is C9H13FN2S. The number of hydrogen-bond donors (Lipinski definition) is 1. The number of halogens is 1. The molecule has 13 heavy (non-hydrogen) atoms. The Kier molecular flexibility index (Phi) is 2.90. The predicted molar refractivity (Wildman–Crippen MR) is 51.6 cm³/mol. The molecule has 0 aromatic carbocycles. The molecule has 0 bridgehead atoms. The van der Waals surface area contributed by atoms with Gasteiger partial charge in [-0.2, -0.15) is 0 Å². The number of piperidine rings is 1. The first-order valence-electron chi connectivity index (χ1n) is 4.63. The third-order valence-corrected chi connectivity index (χ3v) is 3.28. The lowest BCUT2D eigenvalue weighted by molar-refractivity contribution is 0.198. The highest BCUT2D eigenvalue weighted by molar-refractivity contribution is 7.05. The molecule has 1 aliphatic rings. The van der Waals surface area contributed by atoms with Gasteiger partial charge in [-0.1, -0.05) is 0 Å². The van der Waals surface area contributed by atoms with Crippen LogP contribution in [0, 0.1) is 5.92 Å². The van der Waals surface area contributed by atoms with Gasteiger partial charge >= 0.3 is 0 Å². The highest BCUT2D eigenvalue weighted by atomic mass is 32.1. The molecule has 2 atom stereocenters. The van der Waals surface area contributed by atoms with Crippen molar-refractivity contribution in [2.45, 2.75) is 19.0 Å². The Balaban J connectivity index is 1.99. The van der Waals surface area contributed by atoms with Crippen LogP contribution in [0.5, 0.6) is 0 Å². The molecule has 1 fully saturated rings. The molecule has 1 aromatic heterocycles. The zero-order valence-electron chi connectivity index (χ0n) is 7.37. The van der Waals surface area contributed by atoms with Crippen molar-refractivity contribution in [1.82, 2.24) is 9.69 Å². The van der Waals surface area contributed by atoms with Gasteiger partial charge in [-0.25, -0.2) is 8.76 Å². The number of nitrogens with zero attached hydrogens (tertiary/aromatic N) is 1. The lowest BCUT2D eigenvalue weighted by Crippen LogP contribution is -2.31. The summed E-state index contributed by atoms with van der Waals surface area (Å²) >= 11 is 1.27. The van der Waals surface area contributed by atoms with Gasteiger partial charge in [0.2, 0.25) is 0 Å². The fraction of sp³-hybridized carbons (Fsp3) is 0.667. The summed E-state index contributed by atoms with van der Waals surface area (Å²) in [6, 6.07) is 1.78. The third kappa shape index (κ3) is 2.06. The van der Waals surface area contributed by atoms with Crippen LogP contribution < -0.4 is 5.32 Å². The second kappa shape index (κ2) is 4.15. The largest absolute Gasteiger partial charge is 0.316 e. The van der Waals surface area contributed by atoms with Crippen LogP contribution in [0.3, 0.4) is 0 Å². The summed E-state index contributed by atoms with van der Waals surface area (Å²) in [5, 5.41) is 3.22. The van der Waals surface area contributed by atoms with Gasteiger partial charge in [0.25, 0.3) is 0 Å². The minimum Gasteiger partial charge on any atom is -0.316 e. The van der Waals surface area contributed by atoms with Crippen LogP contribution >= 0.6 is 11.5 Å². The molecule has 72 valence electrons. The first kappa shape index (κ1) is 9.09. The maximum absolute atomic E-state index is 13.8. The molecule has 0 aliphatic carbocycles. The van der Waals surface area contributed by atoms with E-state index in [4.69, 9.17) is 0 Å². The van der Waals surface area contributed by atoms with E-state index < -0.39 is 6.17 Å². The van der Waals surface area contributed by atoms with Crippen molar-refractivity contribution in [2.75, 3.05) is 13.1 Å². The Bertz CT molecular complexity index is 244. The second-order valence-electron chi connectivity index (χ2n) is 3.42. The topological polar surface area (TPSA) is 24.9 Å². The minimum absolute atomic E-state index is 0.147. The number of nitrogens with one attached hydrogen (secondary N) is 1. The summed E-state index contributed by atoms with van der Waals surface area (Å²) in [6.45, 7) is 1.84. The van der Waals surface area contributed by atoms with Gasteiger partial charge < -0.3 is 5.32 Å². The zero-order valence-corrected chi connectivity index (χ0v) is 8.19. The summed E-state index contributed by atoms with van der Waals surface area (Å²) in [5.74, 6) is 0.147. The molecule has 0 spiro atoms. The molecule has 2 heterocycles. The molecule has 0 saturated carbocycles. The number of alkyl halides is 1. The molecule has 1 N–H and O–H groups in total. The maximum Gasteiger partial charge on any atom is 0.140 e. The molecule has 1 saturated heterocycles. The average molecular weight is 200 g/mol. The van der Waals surface area contributed by atoms with E-state index in [1.807, 2.05) is 0 Å². The molecule has 4 heteroatoms. The lowest BCUT2D eigenvalue weighted by Gasteiger charge is -2.24. The minimum atomic E-state index is -0.819. The Hall–Kier alpha value is -0.480. The van der Waals surface area contributed by atoms with E-state index in [1.54, 1.807) is 12.3 Å². The summed E-state index contributed by atoms with van der Waals surface area (Å²) in [4.78, 5) is 0.772. The van der Waals surface area contributed by atoms with E-state index in [0.717, 1.165) is 30.8 Å². The highest BCUT2D eigenvalue weighted by Gasteiger charge is 2.25. The van der Waals surface area contributed by atoms with Crippen LogP contribution in [0.15, 0.2) is 12.3 Å². The van der Waals surface area contributed by atoms with Crippen LogP contribution in [0.4, 0.5) is 4.39 Å². The summed E-state index contributed by atoms with van der Waals surface area (Å²) < 4.78 is 17.7. The van der Waals surface area contributed by atoms with Gasteiger partial charge in [-0.05, 0) is 37.0 Å². The zero-order chi connectivity index (χ0) is 9.10. The first-order chi connectivity index (χ1) is 6.38. The van der Waals surface area contributed by atoms with E-state index in [9.17, 15) is 4.39 Å². The third-order valence-electron chi connectivity index (χ3n) is 2.48. The molecule has 2 unspecified atom stereocenters. The molecule has 0 radical (unpaired) electrons. The molecule has 2 nitrogen and oxygen atoms in total. The molecule has 1 aliphatic heterocycles. The van der Waals surface area contributed by atoms with Crippen molar-refractivity contribution in [1.29, 1.82) is 0 Å². The van der Waals surface area contributed by atoms with E-state index in [1.165, 1.54) is 11.5 Å². The summed E-state index contributed by atoms with van der Waals surface area (Å²) in [6.07, 6.45) is 2.93. The van der Waals surface area contributed by atoms with Crippen molar-refractivity contribution in [3.8, 4) is 0 Å². The molecule has 0 amide bonds. The van der Waals surface area contributed by atoms with E-state index in [2.05, 4.69) is 9.69 Å². The van der Waals surface area contributed by atoms with E-state index in [0.29, 0.717) is 0 Å². The lowest BCUT2D eigenvalue weighted by atomic mass is 9.94. The standard InChI is InChI=1S/C9H13FN2S/c10-9(8-3-5-12-13-8)7-2-1-4-11-6-7/h3,5,7,9,11H,1-2,4,6H2. The molecule has 2 rings (SSSR count). The summed E-state index contributed by atoms with van der Waals surface area (Å²) in [7, 11) is 0. The van der Waals surface area contributed by atoms with E-state index in [-0.39, 0.29) is 5.92 Å². The fourth-order valence-electron chi connectivity index (χ4n) is 1.73. The first-order valence-corrected chi connectivity index (χ1v) is 5.40. The van der Waals surface area contributed by atoms with Crippen molar-refractivity contribution >= 4 is 11.5 Å². The number of hydrogen-bond acceptors (Lipinski definition) is 3. The van der Waals surface area contributed by atoms with Crippen LogP contribution in [0.1, 0.15) is 23.9 Å². The Labute approximate surface area is 81.3 Å². The van der Waals surface area contributed by atoms with Crippen LogP contribution in [-0.2, 0) is 0 Å². The SMILES string of the molecule is FC(c1ccns1)C1CCCNC1. The highest BCUT2D eigenvalue weighted by Crippen LogP contribution is 2.32. The molecular weight excluding hydrogens is 187 g/mol. The molecule has 1 aromatic rings. The Morgan fingerprint density at radius 1 is 1.69 bits per heavy atom. The maximum atomic E-state index is 13.8. The second-order valence-corrected chi connectivity index (χ2v) is 4.29. The van der Waals surface area contributed by atoms with Crippen molar-refractivity contribution < 1.29 is 4.39 Å².